The Morgan fingerprint density at radius 2 is 2.08 bits per heavy atom. The van der Waals surface area contributed by atoms with Crippen molar-refractivity contribution in [3.8, 4) is 0 Å². The van der Waals surface area contributed by atoms with Gasteiger partial charge in [-0.2, -0.15) is 0 Å². The third kappa shape index (κ3) is 3.38. The van der Waals surface area contributed by atoms with Crippen LogP contribution >= 0.6 is 0 Å². The number of aliphatic hydroxyl groups is 1. The summed E-state index contributed by atoms with van der Waals surface area (Å²) in [5.74, 6) is -0.103. The number of aliphatic hydroxyl groups excluding tert-OH is 1. The van der Waals surface area contributed by atoms with E-state index >= 15 is 0 Å². The van der Waals surface area contributed by atoms with E-state index in [-0.39, 0.29) is 29.7 Å². The van der Waals surface area contributed by atoms with E-state index in [1.54, 1.807) is 16.7 Å². The molecule has 3 rings (SSSR count). The predicted octanol–water partition coefficient (Wildman–Crippen LogP) is -0.491. The molecule has 2 aliphatic rings. The Kier molecular flexibility index (Phi) is 5.05. The van der Waals surface area contributed by atoms with Gasteiger partial charge in [0.15, 0.2) is 5.69 Å². The predicted molar refractivity (Wildman–Crippen MR) is 87.8 cm³/mol. The van der Waals surface area contributed by atoms with Crippen molar-refractivity contribution in [2.45, 2.75) is 31.7 Å². The van der Waals surface area contributed by atoms with Gasteiger partial charge in [0.2, 0.25) is 5.91 Å². The summed E-state index contributed by atoms with van der Waals surface area (Å²) in [4.78, 5) is 30.8. The van der Waals surface area contributed by atoms with Gasteiger partial charge in [0.1, 0.15) is 5.69 Å². The van der Waals surface area contributed by atoms with E-state index in [0.717, 1.165) is 13.0 Å². The highest BCUT2D eigenvalue weighted by molar-refractivity contribution is 5.93. The number of amides is 2. The molecule has 0 radical (unpaired) electrons. The summed E-state index contributed by atoms with van der Waals surface area (Å²) < 4.78 is 4.66. The van der Waals surface area contributed by atoms with Crippen molar-refractivity contribution in [1.82, 2.24) is 25.0 Å². The van der Waals surface area contributed by atoms with Crippen LogP contribution in [-0.2, 0) is 4.79 Å². The molecule has 0 saturated carbocycles. The monoisotopic (exact) mass is 351 g/mol. The highest BCUT2D eigenvalue weighted by Gasteiger charge is 2.44. The minimum absolute atomic E-state index is 0.0301. The molecular weight excluding hydrogens is 326 g/mol. The first-order valence-electron chi connectivity index (χ1n) is 8.65. The lowest BCUT2D eigenvalue weighted by atomic mass is 9.86. The first-order chi connectivity index (χ1) is 12.0. The van der Waals surface area contributed by atoms with Crippen molar-refractivity contribution in [3.63, 3.8) is 0 Å². The summed E-state index contributed by atoms with van der Waals surface area (Å²) in [6, 6.07) is 0. The maximum atomic E-state index is 12.8. The minimum atomic E-state index is -0.237. The second-order valence-corrected chi connectivity index (χ2v) is 6.93. The van der Waals surface area contributed by atoms with Crippen LogP contribution in [0.2, 0.25) is 0 Å². The molecule has 0 bridgehead atoms. The number of aromatic nitrogens is 2. The fourth-order valence-corrected chi connectivity index (χ4v) is 3.80. The quantitative estimate of drug-likeness (QED) is 0.784. The van der Waals surface area contributed by atoms with Gasteiger partial charge in [-0.3, -0.25) is 14.5 Å². The second-order valence-electron chi connectivity index (χ2n) is 6.93. The Bertz CT molecular complexity index is 648. The van der Waals surface area contributed by atoms with E-state index < -0.39 is 0 Å². The summed E-state index contributed by atoms with van der Waals surface area (Å²) in [6.07, 6.45) is 1.90. The highest BCUT2D eigenvalue weighted by Crippen LogP contribution is 2.32. The van der Waals surface area contributed by atoms with Crippen LogP contribution in [0.4, 0.5) is 0 Å². The topological polar surface area (TPSA) is 103 Å². The largest absolute Gasteiger partial charge is 0.395 e. The molecule has 0 aromatic carbocycles. The Morgan fingerprint density at radius 1 is 1.28 bits per heavy atom. The molecule has 1 aromatic heterocycles. The Morgan fingerprint density at radius 3 is 2.76 bits per heavy atom. The van der Waals surface area contributed by atoms with E-state index in [2.05, 4.69) is 26.9 Å². The zero-order chi connectivity index (χ0) is 18.0. The van der Waals surface area contributed by atoms with Gasteiger partial charge in [0, 0.05) is 44.7 Å². The number of piperazine rings is 1. The summed E-state index contributed by atoms with van der Waals surface area (Å²) in [5.41, 5.74) is 0.508. The fraction of sp³-hybridized carbons (Fsp3) is 0.750. The normalized spacial score (nSPS) is 25.5. The average Bonchev–Trinajstić information content (AvgIpc) is 2.97. The van der Waals surface area contributed by atoms with Crippen LogP contribution in [0, 0.1) is 6.92 Å². The van der Waals surface area contributed by atoms with Crippen molar-refractivity contribution >= 4 is 11.8 Å². The zero-order valence-electron chi connectivity index (χ0n) is 14.8. The van der Waals surface area contributed by atoms with Crippen LogP contribution in [0.3, 0.4) is 0 Å². The van der Waals surface area contributed by atoms with E-state index in [1.807, 2.05) is 0 Å². The molecule has 1 aromatic rings. The molecule has 9 nitrogen and oxygen atoms in total. The lowest BCUT2D eigenvalue weighted by Crippen LogP contribution is -2.62. The standard InChI is InChI=1S/C16H25N5O4/c1-12-14(18-25-17-12)15(24)21-8-7-19(2)16(11-21)4-3-13(23)20(6-5-16)9-10-22/h22H,3-11H2,1-2H3. The van der Waals surface area contributed by atoms with Crippen molar-refractivity contribution in [1.29, 1.82) is 0 Å². The molecule has 3 heterocycles. The number of hydrogen-bond acceptors (Lipinski definition) is 7. The van der Waals surface area contributed by atoms with E-state index in [9.17, 15) is 9.59 Å². The molecule has 1 atom stereocenters. The van der Waals surface area contributed by atoms with Crippen molar-refractivity contribution in [2.75, 3.05) is 46.4 Å². The molecule has 0 aliphatic carbocycles. The molecular formula is C16H25N5O4. The number of β-amino-alcohol motifs (C(OH)–C–C–N with tert-alkyl or cyclic N) is 1. The first kappa shape index (κ1) is 17.8. The van der Waals surface area contributed by atoms with Gasteiger partial charge in [-0.15, -0.1) is 0 Å². The van der Waals surface area contributed by atoms with Crippen LogP contribution in [-0.4, -0.2) is 93.9 Å². The maximum absolute atomic E-state index is 12.8. The first-order valence-corrected chi connectivity index (χ1v) is 8.65. The number of likely N-dealkylation sites (tertiary alicyclic amines) is 1. The van der Waals surface area contributed by atoms with Gasteiger partial charge in [0.05, 0.1) is 6.61 Å². The van der Waals surface area contributed by atoms with Gasteiger partial charge < -0.3 is 14.9 Å². The zero-order valence-corrected chi connectivity index (χ0v) is 14.8. The van der Waals surface area contributed by atoms with Crippen molar-refractivity contribution in [3.05, 3.63) is 11.4 Å². The summed E-state index contributed by atoms with van der Waals surface area (Å²) >= 11 is 0. The van der Waals surface area contributed by atoms with Crippen LogP contribution in [0.15, 0.2) is 4.63 Å². The molecule has 9 heteroatoms. The van der Waals surface area contributed by atoms with Gasteiger partial charge in [-0.05, 0) is 32.0 Å². The summed E-state index contributed by atoms with van der Waals surface area (Å²) in [6.45, 7) is 4.53. The lowest BCUT2D eigenvalue weighted by molar-refractivity contribution is -0.131. The van der Waals surface area contributed by atoms with Gasteiger partial charge in [0.25, 0.3) is 5.91 Å². The van der Waals surface area contributed by atoms with Gasteiger partial charge in [-0.1, -0.05) is 5.16 Å². The number of likely N-dealkylation sites (N-methyl/N-ethyl adjacent to an activating group) is 1. The Balaban J connectivity index is 1.77. The van der Waals surface area contributed by atoms with E-state index in [0.29, 0.717) is 44.7 Å². The highest BCUT2D eigenvalue weighted by atomic mass is 16.6. The number of rotatable bonds is 3. The van der Waals surface area contributed by atoms with E-state index in [4.69, 9.17) is 5.11 Å². The lowest BCUT2D eigenvalue weighted by Gasteiger charge is -2.49. The Labute approximate surface area is 146 Å². The molecule has 1 spiro atoms. The molecule has 2 saturated heterocycles. The van der Waals surface area contributed by atoms with Crippen LogP contribution in [0.25, 0.3) is 0 Å². The number of nitrogens with zero attached hydrogens (tertiary/aromatic N) is 5. The van der Waals surface area contributed by atoms with Crippen LogP contribution in [0.5, 0.6) is 0 Å². The third-order valence-corrected chi connectivity index (χ3v) is 5.52. The average molecular weight is 351 g/mol. The Hall–Kier alpha value is -2.00. The SMILES string of the molecule is Cc1nonc1C(=O)N1CCN(C)C2(CCC(=O)N(CCO)CC2)C1. The molecule has 1 N–H and O–H groups in total. The smallest absolute Gasteiger partial charge is 0.278 e. The number of carbonyl (C=O) groups is 2. The van der Waals surface area contributed by atoms with Gasteiger partial charge in [-0.25, -0.2) is 4.63 Å². The van der Waals surface area contributed by atoms with Crippen molar-refractivity contribution in [2.24, 2.45) is 0 Å². The molecule has 2 fully saturated rings. The molecule has 138 valence electrons. The summed E-state index contributed by atoms with van der Waals surface area (Å²) in [5, 5.41) is 16.6. The molecule has 2 amide bonds. The summed E-state index contributed by atoms with van der Waals surface area (Å²) in [7, 11) is 2.05. The van der Waals surface area contributed by atoms with Crippen LogP contribution in [0.1, 0.15) is 35.4 Å². The third-order valence-electron chi connectivity index (χ3n) is 5.52. The van der Waals surface area contributed by atoms with Crippen molar-refractivity contribution < 1.29 is 19.3 Å². The van der Waals surface area contributed by atoms with E-state index in [1.165, 1.54) is 0 Å². The number of carbonyl (C=O) groups excluding carboxylic acids is 2. The molecule has 1 unspecified atom stereocenters. The molecule has 2 aliphatic heterocycles. The maximum Gasteiger partial charge on any atom is 0.278 e. The van der Waals surface area contributed by atoms with Crippen LogP contribution < -0.4 is 0 Å². The number of hydrogen-bond donors (Lipinski definition) is 1. The van der Waals surface area contributed by atoms with Gasteiger partial charge >= 0.3 is 0 Å². The number of aryl methyl sites for hydroxylation is 1. The fourth-order valence-electron chi connectivity index (χ4n) is 3.80. The minimum Gasteiger partial charge on any atom is -0.395 e. The molecule has 25 heavy (non-hydrogen) atoms. The second kappa shape index (κ2) is 7.09.